The van der Waals surface area contributed by atoms with Crippen LogP contribution < -0.4 is 10.6 Å². The van der Waals surface area contributed by atoms with Gasteiger partial charge in [-0.1, -0.05) is 13.8 Å². The molecular weight excluding hydrogens is 188 g/mol. The summed E-state index contributed by atoms with van der Waals surface area (Å²) in [5.41, 5.74) is 0. The smallest absolute Gasteiger partial charge is 0.131 e. The molecule has 1 aromatic rings. The summed E-state index contributed by atoms with van der Waals surface area (Å²) in [5, 5.41) is 6.64. The van der Waals surface area contributed by atoms with Gasteiger partial charge in [-0.3, -0.25) is 0 Å². The molecule has 1 aliphatic rings. The van der Waals surface area contributed by atoms with Crippen LogP contribution in [0.15, 0.2) is 12.4 Å². The lowest BCUT2D eigenvalue weighted by molar-refractivity contribution is 0.687. The summed E-state index contributed by atoms with van der Waals surface area (Å²) in [5.74, 6) is 2.46. The zero-order valence-corrected chi connectivity index (χ0v) is 9.33. The number of hydrogen-bond acceptors (Lipinski definition) is 4. The molecule has 1 heterocycles. The molecule has 4 heteroatoms. The highest BCUT2D eigenvalue weighted by Gasteiger charge is 2.21. The highest BCUT2D eigenvalue weighted by atomic mass is 15.1. The van der Waals surface area contributed by atoms with E-state index in [0.29, 0.717) is 12.0 Å². The minimum absolute atomic E-state index is 0.625. The van der Waals surface area contributed by atoms with Gasteiger partial charge in [-0.05, 0) is 18.8 Å². The molecule has 82 valence electrons. The number of hydrogen-bond donors (Lipinski definition) is 2. The first kappa shape index (κ1) is 10.2. The van der Waals surface area contributed by atoms with Crippen molar-refractivity contribution in [1.29, 1.82) is 0 Å². The van der Waals surface area contributed by atoms with E-state index in [2.05, 4.69) is 34.4 Å². The molecule has 1 aliphatic carbocycles. The summed E-state index contributed by atoms with van der Waals surface area (Å²) in [6.07, 6.45) is 4.13. The molecule has 0 amide bonds. The van der Waals surface area contributed by atoms with Crippen LogP contribution in [0.4, 0.5) is 11.6 Å². The van der Waals surface area contributed by atoms with Crippen molar-refractivity contribution in [2.24, 2.45) is 5.92 Å². The molecule has 1 aromatic heterocycles. The molecule has 0 saturated heterocycles. The monoisotopic (exact) mass is 206 g/mol. The lowest BCUT2D eigenvalue weighted by Crippen LogP contribution is -2.10. The Labute approximate surface area is 90.5 Å². The Bertz CT molecular complexity index is 320. The highest BCUT2D eigenvalue weighted by molar-refractivity contribution is 5.47. The van der Waals surface area contributed by atoms with Crippen LogP contribution in [0.3, 0.4) is 0 Å². The van der Waals surface area contributed by atoms with Gasteiger partial charge in [0.15, 0.2) is 0 Å². The quantitative estimate of drug-likeness (QED) is 0.774. The minimum Gasteiger partial charge on any atom is -0.370 e. The van der Waals surface area contributed by atoms with Crippen molar-refractivity contribution < 1.29 is 0 Å². The Hall–Kier alpha value is -1.32. The van der Waals surface area contributed by atoms with Gasteiger partial charge in [0.1, 0.15) is 18.0 Å². The normalized spacial score (nSPS) is 15.4. The summed E-state index contributed by atoms with van der Waals surface area (Å²) >= 11 is 0. The topological polar surface area (TPSA) is 49.8 Å². The van der Waals surface area contributed by atoms with Crippen LogP contribution in [0.25, 0.3) is 0 Å². The third-order valence-electron chi connectivity index (χ3n) is 2.29. The van der Waals surface area contributed by atoms with Gasteiger partial charge in [0.05, 0.1) is 0 Å². The van der Waals surface area contributed by atoms with Gasteiger partial charge < -0.3 is 10.6 Å². The van der Waals surface area contributed by atoms with E-state index in [1.807, 2.05) is 6.07 Å². The van der Waals surface area contributed by atoms with Gasteiger partial charge in [0, 0.05) is 18.7 Å². The molecule has 0 aromatic carbocycles. The third kappa shape index (κ3) is 3.38. The van der Waals surface area contributed by atoms with Crippen molar-refractivity contribution in [3.63, 3.8) is 0 Å². The highest BCUT2D eigenvalue weighted by Crippen LogP contribution is 2.24. The molecule has 0 bridgehead atoms. The fraction of sp³-hybridized carbons (Fsp3) is 0.636. The average molecular weight is 206 g/mol. The number of anilines is 2. The van der Waals surface area contributed by atoms with Gasteiger partial charge in [-0.25, -0.2) is 9.97 Å². The fourth-order valence-electron chi connectivity index (χ4n) is 1.28. The van der Waals surface area contributed by atoms with Gasteiger partial charge in [-0.15, -0.1) is 0 Å². The predicted molar refractivity (Wildman–Crippen MR) is 62.0 cm³/mol. The van der Waals surface area contributed by atoms with E-state index in [0.717, 1.165) is 18.2 Å². The van der Waals surface area contributed by atoms with Crippen molar-refractivity contribution >= 4 is 11.6 Å². The second kappa shape index (κ2) is 4.47. The van der Waals surface area contributed by atoms with Crippen LogP contribution in [0, 0.1) is 5.92 Å². The number of nitrogens with zero attached hydrogens (tertiary/aromatic N) is 2. The van der Waals surface area contributed by atoms with E-state index in [9.17, 15) is 0 Å². The van der Waals surface area contributed by atoms with Crippen molar-refractivity contribution in [2.75, 3.05) is 17.2 Å². The van der Waals surface area contributed by atoms with Crippen molar-refractivity contribution in [3.8, 4) is 0 Å². The van der Waals surface area contributed by atoms with Crippen molar-refractivity contribution in [2.45, 2.75) is 32.7 Å². The zero-order valence-electron chi connectivity index (χ0n) is 9.33. The van der Waals surface area contributed by atoms with Crippen LogP contribution in [0.2, 0.25) is 0 Å². The van der Waals surface area contributed by atoms with Crippen LogP contribution in [0.5, 0.6) is 0 Å². The number of aromatic nitrogens is 2. The maximum absolute atomic E-state index is 4.18. The molecule has 1 fully saturated rings. The Morgan fingerprint density at radius 3 is 2.73 bits per heavy atom. The van der Waals surface area contributed by atoms with E-state index in [-0.39, 0.29) is 0 Å². The predicted octanol–water partition coefficient (Wildman–Crippen LogP) is 2.12. The molecule has 0 spiro atoms. The van der Waals surface area contributed by atoms with Gasteiger partial charge >= 0.3 is 0 Å². The van der Waals surface area contributed by atoms with Gasteiger partial charge in [0.25, 0.3) is 0 Å². The molecule has 4 nitrogen and oxygen atoms in total. The van der Waals surface area contributed by atoms with Crippen molar-refractivity contribution in [1.82, 2.24) is 9.97 Å². The Morgan fingerprint density at radius 1 is 1.33 bits per heavy atom. The fourth-order valence-corrected chi connectivity index (χ4v) is 1.28. The van der Waals surface area contributed by atoms with Crippen molar-refractivity contribution in [3.05, 3.63) is 12.4 Å². The molecule has 0 radical (unpaired) electrons. The first-order valence-electron chi connectivity index (χ1n) is 5.56. The maximum atomic E-state index is 4.18. The summed E-state index contributed by atoms with van der Waals surface area (Å²) in [4.78, 5) is 8.36. The second-order valence-electron chi connectivity index (χ2n) is 4.48. The van der Waals surface area contributed by atoms with E-state index >= 15 is 0 Å². The first-order valence-corrected chi connectivity index (χ1v) is 5.56. The maximum Gasteiger partial charge on any atom is 0.131 e. The first-order chi connectivity index (χ1) is 7.24. The van der Waals surface area contributed by atoms with E-state index in [1.165, 1.54) is 12.8 Å². The molecule has 0 aliphatic heterocycles. The molecule has 0 atom stereocenters. The molecule has 15 heavy (non-hydrogen) atoms. The van der Waals surface area contributed by atoms with Gasteiger partial charge in [-0.2, -0.15) is 0 Å². The zero-order chi connectivity index (χ0) is 10.7. The molecule has 1 saturated carbocycles. The number of rotatable bonds is 5. The van der Waals surface area contributed by atoms with Crippen LogP contribution in [-0.4, -0.2) is 22.6 Å². The van der Waals surface area contributed by atoms with Crippen LogP contribution in [0.1, 0.15) is 26.7 Å². The third-order valence-corrected chi connectivity index (χ3v) is 2.29. The summed E-state index contributed by atoms with van der Waals surface area (Å²) in [6, 6.07) is 2.61. The average Bonchev–Trinajstić information content (AvgIpc) is 2.99. The lowest BCUT2D eigenvalue weighted by atomic mass is 10.2. The summed E-state index contributed by atoms with van der Waals surface area (Å²) in [6.45, 7) is 5.30. The summed E-state index contributed by atoms with van der Waals surface area (Å²) in [7, 11) is 0. The summed E-state index contributed by atoms with van der Waals surface area (Å²) < 4.78 is 0. The largest absolute Gasteiger partial charge is 0.370 e. The van der Waals surface area contributed by atoms with Crippen LogP contribution >= 0.6 is 0 Å². The van der Waals surface area contributed by atoms with E-state index < -0.39 is 0 Å². The molecular formula is C11H18N4. The second-order valence-corrected chi connectivity index (χ2v) is 4.48. The molecule has 0 unspecified atom stereocenters. The Morgan fingerprint density at radius 2 is 2.07 bits per heavy atom. The van der Waals surface area contributed by atoms with Gasteiger partial charge in [0.2, 0.25) is 0 Å². The van der Waals surface area contributed by atoms with E-state index in [4.69, 9.17) is 0 Å². The SMILES string of the molecule is CC(C)CNc1cc(NC2CC2)ncn1. The molecule has 2 N–H and O–H groups in total. The molecule has 2 rings (SSSR count). The minimum atomic E-state index is 0.625. The number of nitrogens with one attached hydrogen (secondary N) is 2. The lowest BCUT2D eigenvalue weighted by Gasteiger charge is -2.09. The van der Waals surface area contributed by atoms with E-state index in [1.54, 1.807) is 6.33 Å². The Balaban J connectivity index is 1.92. The van der Waals surface area contributed by atoms with Crippen LogP contribution in [-0.2, 0) is 0 Å². The standard InChI is InChI=1S/C11H18N4/c1-8(2)6-12-10-5-11(14-7-13-10)15-9-3-4-9/h5,7-9H,3-4,6H2,1-2H3,(H2,12,13,14,15). The Kier molecular flexibility index (Phi) is 3.04.